The molecule has 0 heterocycles. The summed E-state index contributed by atoms with van der Waals surface area (Å²) in [5, 5.41) is 21.4. The third-order valence-corrected chi connectivity index (χ3v) is 2.71. The van der Waals surface area contributed by atoms with Crippen LogP contribution in [0.1, 0.15) is 33.3 Å². The molecule has 24 heavy (non-hydrogen) atoms. The molecule has 132 valence electrons. The van der Waals surface area contributed by atoms with Crippen LogP contribution < -0.4 is 10.1 Å². The van der Waals surface area contributed by atoms with E-state index in [1.165, 1.54) is 31.2 Å². The zero-order valence-electron chi connectivity index (χ0n) is 14.0. The van der Waals surface area contributed by atoms with Crippen LogP contribution in [0.15, 0.2) is 24.3 Å². The highest BCUT2D eigenvalue weighted by Crippen LogP contribution is 2.17. The maximum absolute atomic E-state index is 11.7. The Bertz CT molecular complexity index is 618. The summed E-state index contributed by atoms with van der Waals surface area (Å²) in [5.74, 6) is -1.83. The predicted molar refractivity (Wildman–Crippen MR) is 83.4 cm³/mol. The summed E-state index contributed by atoms with van der Waals surface area (Å²) >= 11 is 0. The maximum Gasteiger partial charge on any atom is 0.410 e. The highest BCUT2D eigenvalue weighted by molar-refractivity contribution is 5.83. The normalized spacial score (nSPS) is 13.5. The lowest BCUT2D eigenvalue weighted by Gasteiger charge is -2.27. The van der Waals surface area contributed by atoms with Crippen LogP contribution in [0.5, 0.6) is 5.75 Å². The number of carbonyl (C=O) groups excluding carboxylic acids is 2. The Balaban J connectivity index is 2.86. The summed E-state index contributed by atoms with van der Waals surface area (Å²) in [6.45, 7) is 6.09. The molecular formula is C16H21NO7. The number of carboxylic acid groups (broad SMARTS) is 1. The number of carboxylic acids is 1. The van der Waals surface area contributed by atoms with Gasteiger partial charge in [0.2, 0.25) is 5.72 Å². The summed E-state index contributed by atoms with van der Waals surface area (Å²) in [4.78, 5) is 33.9. The second-order valence-electron chi connectivity index (χ2n) is 6.21. The number of hydrogen-bond donors (Lipinski definition) is 3. The van der Waals surface area contributed by atoms with Crippen molar-refractivity contribution in [1.29, 1.82) is 0 Å². The van der Waals surface area contributed by atoms with Crippen LogP contribution in [0.25, 0.3) is 0 Å². The number of aliphatic carboxylic acids is 1. The van der Waals surface area contributed by atoms with Gasteiger partial charge in [-0.25, -0.2) is 9.59 Å². The monoisotopic (exact) mass is 339 g/mol. The first-order chi connectivity index (χ1) is 10.9. The molecule has 0 saturated carbocycles. The highest BCUT2D eigenvalue weighted by Gasteiger charge is 2.39. The lowest BCUT2D eigenvalue weighted by atomic mass is 10.0. The van der Waals surface area contributed by atoms with E-state index in [4.69, 9.17) is 9.47 Å². The summed E-state index contributed by atoms with van der Waals surface area (Å²) in [6, 6.07) is 5.85. The summed E-state index contributed by atoms with van der Waals surface area (Å²) in [5.41, 5.74) is -2.97. The molecule has 1 amide bonds. The van der Waals surface area contributed by atoms with Gasteiger partial charge < -0.3 is 19.7 Å². The molecule has 1 unspecified atom stereocenters. The number of amides is 1. The smallest absolute Gasteiger partial charge is 0.410 e. The number of esters is 1. The molecule has 3 N–H and O–H groups in total. The molecule has 1 rings (SSSR count). The second kappa shape index (κ2) is 7.31. The van der Waals surface area contributed by atoms with Gasteiger partial charge in [-0.3, -0.25) is 10.1 Å². The van der Waals surface area contributed by atoms with Gasteiger partial charge in [-0.05, 0) is 38.5 Å². The second-order valence-corrected chi connectivity index (χ2v) is 6.21. The van der Waals surface area contributed by atoms with Crippen molar-refractivity contribution < 1.29 is 34.1 Å². The minimum Gasteiger partial charge on any atom is -0.478 e. The van der Waals surface area contributed by atoms with Gasteiger partial charge in [-0.1, -0.05) is 12.1 Å². The predicted octanol–water partition coefficient (Wildman–Crippen LogP) is 1.45. The third kappa shape index (κ3) is 6.25. The van der Waals surface area contributed by atoms with Gasteiger partial charge in [0.05, 0.1) is 0 Å². The lowest BCUT2D eigenvalue weighted by Crippen LogP contribution is -2.57. The van der Waals surface area contributed by atoms with Crippen LogP contribution in [0.2, 0.25) is 0 Å². The van der Waals surface area contributed by atoms with Gasteiger partial charge in [-0.2, -0.15) is 0 Å². The van der Waals surface area contributed by atoms with Crippen LogP contribution in [0.4, 0.5) is 4.79 Å². The Hall–Kier alpha value is -2.61. The standard InChI is InChI=1S/C16H21NO7/c1-10(18)23-12-7-5-11(6-8-12)9-16(22,13(19)20)17-14(21)24-15(2,3)4/h5-8,22H,9H2,1-4H3,(H,17,21)(H,19,20). The molecule has 0 spiro atoms. The van der Waals surface area contributed by atoms with E-state index in [9.17, 15) is 24.6 Å². The van der Waals surface area contributed by atoms with Gasteiger partial charge in [0.25, 0.3) is 0 Å². The van der Waals surface area contributed by atoms with Crippen LogP contribution >= 0.6 is 0 Å². The quantitative estimate of drug-likeness (QED) is 0.421. The van der Waals surface area contributed by atoms with Crippen molar-refractivity contribution in [2.24, 2.45) is 0 Å². The number of nitrogens with one attached hydrogen (secondary N) is 1. The van der Waals surface area contributed by atoms with E-state index in [1.807, 2.05) is 5.32 Å². The molecule has 0 saturated heterocycles. The van der Waals surface area contributed by atoms with Gasteiger partial charge in [0, 0.05) is 13.3 Å². The average Bonchev–Trinajstić information content (AvgIpc) is 2.37. The Labute approximate surface area is 139 Å². The first-order valence-corrected chi connectivity index (χ1v) is 7.15. The fourth-order valence-corrected chi connectivity index (χ4v) is 1.78. The molecule has 0 bridgehead atoms. The van der Waals surface area contributed by atoms with E-state index in [1.54, 1.807) is 20.8 Å². The number of benzene rings is 1. The molecule has 0 fully saturated rings. The molecule has 0 radical (unpaired) electrons. The number of carbonyl (C=O) groups is 3. The average molecular weight is 339 g/mol. The van der Waals surface area contributed by atoms with Gasteiger partial charge in [0.1, 0.15) is 11.4 Å². The first kappa shape index (κ1) is 19.4. The molecule has 1 aromatic carbocycles. The van der Waals surface area contributed by atoms with Crippen LogP contribution in [0.3, 0.4) is 0 Å². The molecule has 0 aliphatic heterocycles. The number of rotatable bonds is 5. The minimum atomic E-state index is -2.54. The minimum absolute atomic E-state index is 0.283. The summed E-state index contributed by atoms with van der Waals surface area (Å²) in [7, 11) is 0. The molecule has 8 nitrogen and oxygen atoms in total. The molecule has 1 aromatic rings. The zero-order chi connectivity index (χ0) is 18.5. The molecule has 8 heteroatoms. The Morgan fingerprint density at radius 1 is 1.12 bits per heavy atom. The topological polar surface area (TPSA) is 122 Å². The Morgan fingerprint density at radius 2 is 1.67 bits per heavy atom. The molecule has 1 atom stereocenters. The number of alkyl carbamates (subject to hydrolysis) is 1. The fraction of sp³-hybridized carbons (Fsp3) is 0.438. The SMILES string of the molecule is CC(=O)Oc1ccc(CC(O)(NC(=O)OC(C)(C)C)C(=O)O)cc1. The fourth-order valence-electron chi connectivity index (χ4n) is 1.78. The van der Waals surface area contributed by atoms with Crippen LogP contribution in [-0.2, 0) is 20.7 Å². The number of ether oxygens (including phenoxy) is 2. The zero-order valence-corrected chi connectivity index (χ0v) is 14.0. The van der Waals surface area contributed by atoms with Gasteiger partial charge in [-0.15, -0.1) is 0 Å². The van der Waals surface area contributed by atoms with Crippen molar-refractivity contribution in [1.82, 2.24) is 5.32 Å². The van der Waals surface area contributed by atoms with E-state index < -0.39 is 35.8 Å². The van der Waals surface area contributed by atoms with Crippen molar-refractivity contribution >= 4 is 18.0 Å². The molecule has 0 aliphatic carbocycles. The van der Waals surface area contributed by atoms with Crippen molar-refractivity contribution in [3.63, 3.8) is 0 Å². The third-order valence-electron chi connectivity index (χ3n) is 2.71. The lowest BCUT2D eigenvalue weighted by molar-refractivity contribution is -0.161. The molecular weight excluding hydrogens is 318 g/mol. The first-order valence-electron chi connectivity index (χ1n) is 7.15. The van der Waals surface area contributed by atoms with Gasteiger partial charge in [0.15, 0.2) is 0 Å². The number of hydrogen-bond acceptors (Lipinski definition) is 6. The largest absolute Gasteiger partial charge is 0.478 e. The van der Waals surface area contributed by atoms with Crippen LogP contribution in [-0.4, -0.2) is 39.6 Å². The number of aliphatic hydroxyl groups is 1. The molecule has 0 aromatic heterocycles. The van der Waals surface area contributed by atoms with E-state index in [0.717, 1.165) is 0 Å². The highest BCUT2D eigenvalue weighted by atomic mass is 16.6. The van der Waals surface area contributed by atoms with E-state index in [2.05, 4.69) is 0 Å². The van der Waals surface area contributed by atoms with Gasteiger partial charge >= 0.3 is 18.0 Å². The summed E-state index contributed by atoms with van der Waals surface area (Å²) < 4.78 is 9.81. The maximum atomic E-state index is 11.7. The van der Waals surface area contributed by atoms with Crippen molar-refractivity contribution in [3.8, 4) is 5.75 Å². The van der Waals surface area contributed by atoms with Crippen LogP contribution in [0, 0.1) is 0 Å². The summed E-state index contributed by atoms with van der Waals surface area (Å²) in [6.07, 6.45) is -1.45. The van der Waals surface area contributed by atoms with E-state index in [-0.39, 0.29) is 5.75 Å². The van der Waals surface area contributed by atoms with E-state index >= 15 is 0 Å². The van der Waals surface area contributed by atoms with Crippen molar-refractivity contribution in [2.75, 3.05) is 0 Å². The van der Waals surface area contributed by atoms with Crippen molar-refractivity contribution in [3.05, 3.63) is 29.8 Å². The Kier molecular flexibility index (Phi) is 5.92. The van der Waals surface area contributed by atoms with Crippen molar-refractivity contribution in [2.45, 2.75) is 45.4 Å². The Morgan fingerprint density at radius 3 is 2.08 bits per heavy atom. The van der Waals surface area contributed by atoms with E-state index in [0.29, 0.717) is 5.56 Å². The molecule has 0 aliphatic rings.